The minimum absolute atomic E-state index is 0.0605. The highest BCUT2D eigenvalue weighted by molar-refractivity contribution is 7.90. The Kier molecular flexibility index (Phi) is 4.04. The van der Waals surface area contributed by atoms with Gasteiger partial charge in [-0.3, -0.25) is 9.59 Å². The van der Waals surface area contributed by atoms with Crippen LogP contribution in [-0.4, -0.2) is 67.7 Å². The number of carboxylic acid groups (broad SMARTS) is 1. The molecule has 1 aromatic rings. The lowest BCUT2D eigenvalue weighted by Crippen LogP contribution is -2.40. The number of hydrogen-bond donors (Lipinski definition) is 1. The number of nitrogens with zero attached hydrogens (tertiary/aromatic N) is 3. The van der Waals surface area contributed by atoms with E-state index < -0.39 is 21.9 Å². The third-order valence-corrected chi connectivity index (χ3v) is 5.56. The molecular weight excluding hydrogens is 334 g/mol. The van der Waals surface area contributed by atoms with E-state index in [1.165, 1.54) is 15.9 Å². The SMILES string of the molecule is CN(CC(=O)N1CCC(C(=O)O)C1)C1=NS(=O)(=O)c2ccccc21. The lowest BCUT2D eigenvalue weighted by Gasteiger charge is -2.22. The quantitative estimate of drug-likeness (QED) is 0.821. The van der Waals surface area contributed by atoms with Crippen molar-refractivity contribution in [3.8, 4) is 0 Å². The number of fused-ring (bicyclic) bond motifs is 1. The van der Waals surface area contributed by atoms with Crippen LogP contribution in [0.15, 0.2) is 33.6 Å². The number of benzene rings is 1. The number of carboxylic acids is 1. The topological polar surface area (TPSA) is 107 Å². The highest BCUT2D eigenvalue weighted by atomic mass is 32.2. The van der Waals surface area contributed by atoms with E-state index in [2.05, 4.69) is 4.40 Å². The molecule has 8 nitrogen and oxygen atoms in total. The summed E-state index contributed by atoms with van der Waals surface area (Å²) in [5.74, 6) is -1.46. The second kappa shape index (κ2) is 5.90. The van der Waals surface area contributed by atoms with Gasteiger partial charge in [-0.25, -0.2) is 0 Å². The molecule has 0 spiro atoms. The van der Waals surface area contributed by atoms with Gasteiger partial charge in [0.15, 0.2) is 5.84 Å². The molecule has 1 amide bonds. The van der Waals surface area contributed by atoms with Crippen molar-refractivity contribution < 1.29 is 23.1 Å². The zero-order valence-electron chi connectivity index (χ0n) is 13.0. The minimum Gasteiger partial charge on any atom is -0.481 e. The van der Waals surface area contributed by atoms with Crippen LogP contribution in [0.1, 0.15) is 12.0 Å². The average Bonchev–Trinajstić information content (AvgIpc) is 3.11. The first-order chi connectivity index (χ1) is 11.3. The van der Waals surface area contributed by atoms with Crippen LogP contribution in [0.5, 0.6) is 0 Å². The predicted molar refractivity (Wildman–Crippen MR) is 85.1 cm³/mol. The van der Waals surface area contributed by atoms with E-state index in [-0.39, 0.29) is 29.7 Å². The summed E-state index contributed by atoms with van der Waals surface area (Å²) in [5.41, 5.74) is 0.470. The molecule has 2 heterocycles. The molecule has 0 aliphatic carbocycles. The molecule has 2 aliphatic heterocycles. The molecule has 128 valence electrons. The van der Waals surface area contributed by atoms with E-state index in [0.29, 0.717) is 18.5 Å². The van der Waals surface area contributed by atoms with Gasteiger partial charge in [-0.1, -0.05) is 12.1 Å². The van der Waals surface area contributed by atoms with Gasteiger partial charge in [0.1, 0.15) is 4.90 Å². The van der Waals surface area contributed by atoms with E-state index in [0.717, 1.165) is 0 Å². The van der Waals surface area contributed by atoms with Crippen molar-refractivity contribution in [3.63, 3.8) is 0 Å². The van der Waals surface area contributed by atoms with E-state index in [1.807, 2.05) is 0 Å². The number of sulfonamides is 1. The van der Waals surface area contributed by atoms with Crippen LogP contribution in [0, 0.1) is 5.92 Å². The summed E-state index contributed by atoms with van der Waals surface area (Å²) >= 11 is 0. The van der Waals surface area contributed by atoms with Crippen LogP contribution in [0.4, 0.5) is 0 Å². The van der Waals surface area contributed by atoms with Crippen molar-refractivity contribution in [3.05, 3.63) is 29.8 Å². The molecule has 1 aromatic carbocycles. The minimum atomic E-state index is -3.73. The molecule has 24 heavy (non-hydrogen) atoms. The van der Waals surface area contributed by atoms with Crippen molar-refractivity contribution in [2.24, 2.45) is 10.3 Å². The summed E-state index contributed by atoms with van der Waals surface area (Å²) in [4.78, 5) is 26.4. The fraction of sp³-hybridized carbons (Fsp3) is 0.400. The van der Waals surface area contributed by atoms with Crippen molar-refractivity contribution in [2.75, 3.05) is 26.7 Å². The number of rotatable bonds is 3. The van der Waals surface area contributed by atoms with E-state index in [1.54, 1.807) is 25.2 Å². The summed E-state index contributed by atoms with van der Waals surface area (Å²) in [6.07, 6.45) is 0.433. The van der Waals surface area contributed by atoms with Gasteiger partial charge in [-0.2, -0.15) is 8.42 Å². The maximum atomic E-state index is 12.3. The van der Waals surface area contributed by atoms with E-state index in [4.69, 9.17) is 5.11 Å². The number of likely N-dealkylation sites (N-methyl/N-ethyl adjacent to an activating group) is 1. The molecule has 0 radical (unpaired) electrons. The maximum absolute atomic E-state index is 12.3. The molecule has 3 rings (SSSR count). The summed E-state index contributed by atoms with van der Waals surface area (Å²) in [6.45, 7) is 0.517. The fourth-order valence-corrected chi connectivity index (χ4v) is 4.18. The molecule has 0 aromatic heterocycles. The molecule has 9 heteroatoms. The Morgan fingerprint density at radius 1 is 1.38 bits per heavy atom. The van der Waals surface area contributed by atoms with Gasteiger partial charge < -0.3 is 14.9 Å². The molecule has 1 unspecified atom stereocenters. The third kappa shape index (κ3) is 2.86. The van der Waals surface area contributed by atoms with Crippen molar-refractivity contribution in [2.45, 2.75) is 11.3 Å². The fourth-order valence-electron chi connectivity index (χ4n) is 2.93. The van der Waals surface area contributed by atoms with Crippen molar-refractivity contribution in [1.29, 1.82) is 0 Å². The smallest absolute Gasteiger partial charge is 0.308 e. The molecule has 1 N–H and O–H groups in total. The third-order valence-electron chi connectivity index (χ3n) is 4.24. The molecule has 0 saturated carbocycles. The summed E-state index contributed by atoms with van der Waals surface area (Å²) < 4.78 is 27.9. The van der Waals surface area contributed by atoms with Gasteiger partial charge in [0.2, 0.25) is 5.91 Å². The zero-order valence-corrected chi connectivity index (χ0v) is 13.9. The number of carbonyl (C=O) groups excluding carboxylic acids is 1. The first-order valence-corrected chi connectivity index (χ1v) is 8.89. The monoisotopic (exact) mass is 351 g/mol. The Hall–Kier alpha value is -2.42. The second-order valence-electron chi connectivity index (χ2n) is 5.91. The lowest BCUT2D eigenvalue weighted by atomic mass is 10.1. The first-order valence-electron chi connectivity index (χ1n) is 7.45. The summed E-state index contributed by atoms with van der Waals surface area (Å²) in [5, 5.41) is 9.00. The number of carbonyl (C=O) groups is 2. The van der Waals surface area contributed by atoms with Crippen molar-refractivity contribution >= 4 is 27.7 Å². The molecule has 2 aliphatic rings. The van der Waals surface area contributed by atoms with Crippen molar-refractivity contribution in [1.82, 2.24) is 9.80 Å². The highest BCUT2D eigenvalue weighted by Gasteiger charge is 2.34. The van der Waals surface area contributed by atoms with Gasteiger partial charge in [-0.05, 0) is 18.6 Å². The Bertz CT molecular complexity index is 833. The Morgan fingerprint density at radius 3 is 2.75 bits per heavy atom. The predicted octanol–water partition coefficient (Wildman–Crippen LogP) is 0.000400. The van der Waals surface area contributed by atoms with Crippen LogP contribution < -0.4 is 0 Å². The van der Waals surface area contributed by atoms with Crippen LogP contribution in [0.2, 0.25) is 0 Å². The highest BCUT2D eigenvalue weighted by Crippen LogP contribution is 2.27. The number of aliphatic carboxylic acids is 1. The van der Waals surface area contributed by atoms with Gasteiger partial charge in [-0.15, -0.1) is 4.40 Å². The maximum Gasteiger partial charge on any atom is 0.308 e. The van der Waals surface area contributed by atoms with E-state index >= 15 is 0 Å². The first kappa shape index (κ1) is 16.4. The zero-order chi connectivity index (χ0) is 17.5. The van der Waals surface area contributed by atoms with Crippen LogP contribution >= 0.6 is 0 Å². The standard InChI is InChI=1S/C15H17N3O5S/c1-17(9-13(19)18-7-6-10(8-18)15(20)21)14-11-4-2-3-5-12(11)24(22,23)16-14/h2-5,10H,6-9H2,1H3,(H,20,21). The Morgan fingerprint density at radius 2 is 2.08 bits per heavy atom. The number of likely N-dealkylation sites (tertiary alicyclic amines) is 1. The van der Waals surface area contributed by atoms with Crippen LogP contribution in [0.25, 0.3) is 0 Å². The molecular formula is C15H17N3O5S. The number of hydrogen-bond acceptors (Lipinski definition) is 5. The number of amidine groups is 1. The molecule has 0 bridgehead atoms. The normalized spacial score (nSPS) is 21.3. The summed E-state index contributed by atoms with van der Waals surface area (Å²) in [7, 11) is -2.13. The molecule has 1 fully saturated rings. The van der Waals surface area contributed by atoms with Crippen LogP contribution in [-0.2, 0) is 19.6 Å². The Balaban J connectivity index is 1.73. The number of amides is 1. The molecule has 1 atom stereocenters. The molecule has 1 saturated heterocycles. The van der Waals surface area contributed by atoms with E-state index in [9.17, 15) is 18.0 Å². The van der Waals surface area contributed by atoms with Gasteiger partial charge in [0.25, 0.3) is 10.0 Å². The van der Waals surface area contributed by atoms with Gasteiger partial charge >= 0.3 is 5.97 Å². The largest absolute Gasteiger partial charge is 0.481 e. The average molecular weight is 351 g/mol. The Labute approximate surface area is 139 Å². The summed E-state index contributed by atoms with van der Waals surface area (Å²) in [6, 6.07) is 6.46. The second-order valence-corrected chi connectivity index (χ2v) is 7.48. The van der Waals surface area contributed by atoms with Gasteiger partial charge in [0, 0.05) is 25.7 Å². The van der Waals surface area contributed by atoms with Gasteiger partial charge in [0.05, 0.1) is 12.5 Å². The lowest BCUT2D eigenvalue weighted by molar-refractivity contribution is -0.141. The van der Waals surface area contributed by atoms with Crippen LogP contribution in [0.3, 0.4) is 0 Å².